The van der Waals surface area contributed by atoms with Gasteiger partial charge in [-0.3, -0.25) is 0 Å². The molecule has 0 aliphatic heterocycles. The zero-order valence-electron chi connectivity index (χ0n) is 31.8. The Bertz CT molecular complexity index is 1710. The fraction of sp³-hybridized carbons (Fsp3) is 0.182. The van der Waals surface area contributed by atoms with Gasteiger partial charge in [-0.25, -0.2) is 0 Å². The van der Waals surface area contributed by atoms with Gasteiger partial charge in [0.05, 0.1) is 74.5 Å². The van der Waals surface area contributed by atoms with Gasteiger partial charge in [0.15, 0.2) is 0 Å². The number of benzene rings is 6. The maximum Gasteiger partial charge on any atom is 0.143 e. The molecule has 0 aliphatic carbocycles. The summed E-state index contributed by atoms with van der Waals surface area (Å²) in [5.74, 6) is 0. The third-order valence-corrected chi connectivity index (χ3v) is 23.4. The smallest absolute Gasteiger partial charge is 0.0625 e. The number of hydrogen-bond donors (Lipinski definition) is 0. The average Bonchev–Trinajstić information content (AvgIpc) is 3.14. The van der Waals surface area contributed by atoms with E-state index < -0.39 is 49.3 Å². The molecule has 52 heavy (non-hydrogen) atoms. The summed E-state index contributed by atoms with van der Waals surface area (Å²) >= 11 is 0. The van der Waals surface area contributed by atoms with Crippen molar-refractivity contribution in [2.75, 3.05) is 53.3 Å². The van der Waals surface area contributed by atoms with Crippen molar-refractivity contribution in [3.63, 3.8) is 0 Å². The molecule has 6 rings (SSSR count). The quantitative estimate of drug-likeness (QED) is 0.110. The van der Waals surface area contributed by atoms with E-state index in [9.17, 15) is 0 Å². The van der Waals surface area contributed by atoms with Gasteiger partial charge in [0, 0.05) is 65.8 Å². The van der Waals surface area contributed by atoms with Crippen molar-refractivity contribution in [1.82, 2.24) is 0 Å². The molecule has 0 bridgehead atoms. The fourth-order valence-electron chi connectivity index (χ4n) is 7.16. The summed E-state index contributed by atoms with van der Waals surface area (Å²) < 4.78 is 0. The zero-order valence-corrected chi connectivity index (χ0v) is 40.0. The molecule has 0 aliphatic rings. The Hall–Kier alpha value is -1.49. The van der Waals surface area contributed by atoms with Crippen LogP contribution in [-0.2, 0) is 34.1 Å². The second-order valence-corrected chi connectivity index (χ2v) is 29.7. The van der Waals surface area contributed by atoms with E-state index in [-0.39, 0.29) is 34.1 Å². The molecule has 0 saturated heterocycles. The first-order valence-electron chi connectivity index (χ1n) is 17.9. The molecule has 0 unspecified atom stereocenters. The molecule has 0 atom stereocenters. The Morgan fingerprint density at radius 3 is 0.673 bits per heavy atom. The molecule has 0 nitrogen and oxygen atoms in total. The van der Waals surface area contributed by atoms with Crippen molar-refractivity contribution in [1.29, 1.82) is 0 Å². The molecule has 6 aromatic carbocycles. The molecule has 0 fully saturated rings. The largest absolute Gasteiger partial charge is 0.143 e. The van der Waals surface area contributed by atoms with E-state index in [1.165, 1.54) is 10.4 Å². The van der Waals surface area contributed by atoms with E-state index in [2.05, 4.69) is 211 Å². The van der Waals surface area contributed by atoms with Crippen molar-refractivity contribution >= 4 is 102 Å². The van der Waals surface area contributed by atoms with Crippen LogP contribution in [0.3, 0.4) is 0 Å². The van der Waals surface area contributed by atoms with E-state index in [0.29, 0.717) is 0 Å². The molecule has 0 heterocycles. The summed E-state index contributed by atoms with van der Waals surface area (Å²) in [4.78, 5) is 0. The van der Waals surface area contributed by atoms with Crippen LogP contribution in [0, 0.1) is 0 Å². The van der Waals surface area contributed by atoms with E-state index in [0.717, 1.165) is 0 Å². The van der Waals surface area contributed by atoms with Crippen LogP contribution in [0.25, 0.3) is 0 Å². The van der Waals surface area contributed by atoms with Crippen molar-refractivity contribution < 1.29 is 34.1 Å². The van der Waals surface area contributed by atoms with Crippen molar-refractivity contribution in [3.8, 4) is 0 Å². The van der Waals surface area contributed by atoms with Crippen molar-refractivity contribution in [2.24, 2.45) is 0 Å². The predicted molar refractivity (Wildman–Crippen MR) is 250 cm³/mol. The summed E-state index contributed by atoms with van der Waals surface area (Å²) in [7, 11) is -4.86. The summed E-state index contributed by atoms with van der Waals surface area (Å²) in [5, 5.41) is 16.0. The summed E-state index contributed by atoms with van der Waals surface area (Å²) in [6.07, 6.45) is 0. The van der Waals surface area contributed by atoms with Crippen LogP contribution in [0.4, 0.5) is 0 Å². The second kappa shape index (κ2) is 22.2. The number of rotatable bonds is 10. The van der Waals surface area contributed by atoms with Crippen LogP contribution in [0.1, 0.15) is 0 Å². The second-order valence-electron chi connectivity index (χ2n) is 14.0. The topological polar surface area (TPSA) is 0 Å². The molecular weight excluding hydrogens is 836 g/mol. The van der Waals surface area contributed by atoms with Crippen molar-refractivity contribution in [2.45, 2.75) is 0 Å². The van der Waals surface area contributed by atoms with Crippen LogP contribution in [0.15, 0.2) is 158 Å². The maximum atomic E-state index is 2.42. The monoisotopic (exact) mass is 890 g/mol. The minimum absolute atomic E-state index is 0. The van der Waals surface area contributed by atoms with E-state index in [4.69, 9.17) is 0 Å². The van der Waals surface area contributed by atoms with Crippen LogP contribution < -0.4 is 52.3 Å². The molecule has 2 radical (unpaired) electrons. The van der Waals surface area contributed by atoms with Crippen LogP contribution in [0.2, 0.25) is 0 Å². The first kappa shape index (κ1) is 44.9. The first-order valence-corrected chi connectivity index (χ1v) is 31.3. The Morgan fingerprint density at radius 1 is 0.269 bits per heavy atom. The van der Waals surface area contributed by atoms with Gasteiger partial charge in [0.25, 0.3) is 0 Å². The Morgan fingerprint density at radius 2 is 0.462 bits per heavy atom. The summed E-state index contributed by atoms with van der Waals surface area (Å²) in [5.41, 5.74) is 0. The maximum absolute atomic E-state index is 2.42. The Balaban J connectivity index is 0.000000270. The molecule has 8 heteroatoms. The normalized spacial score (nSPS) is 11.0. The van der Waals surface area contributed by atoms with Crippen LogP contribution in [-0.4, -0.2) is 70.9 Å². The van der Waals surface area contributed by atoms with Gasteiger partial charge in [-0.15, -0.1) is 0 Å². The van der Waals surface area contributed by atoms with Gasteiger partial charge in [-0.1, -0.05) is 144 Å². The van der Waals surface area contributed by atoms with E-state index >= 15 is 0 Å². The number of hydrogen-bond acceptors (Lipinski definition) is 0. The Kier molecular flexibility index (Phi) is 19.1. The predicted octanol–water partition coefficient (Wildman–Crippen LogP) is 4.26. The van der Waals surface area contributed by atoms with Crippen molar-refractivity contribution in [3.05, 3.63) is 158 Å². The van der Waals surface area contributed by atoms with Gasteiger partial charge in [0.1, 0.15) is 17.6 Å². The molecular formula is C44H56Cu2P4Si2+4. The minimum atomic E-state index is -1.45. The molecule has 6 aromatic rings. The van der Waals surface area contributed by atoms with Crippen LogP contribution in [0.5, 0.6) is 0 Å². The van der Waals surface area contributed by atoms with E-state index in [1.807, 2.05) is 0 Å². The third kappa shape index (κ3) is 11.3. The van der Waals surface area contributed by atoms with E-state index in [1.54, 1.807) is 42.0 Å². The third-order valence-electron chi connectivity index (χ3n) is 9.51. The average molecular weight is 892 g/mol. The summed E-state index contributed by atoms with van der Waals surface area (Å²) in [6, 6.07) is 59.4. The molecule has 0 amide bonds. The summed E-state index contributed by atoms with van der Waals surface area (Å²) in [6.45, 7) is 19.3. The molecule has 0 spiro atoms. The first-order chi connectivity index (χ1) is 24.2. The van der Waals surface area contributed by atoms with Gasteiger partial charge in [-0.2, -0.15) is 0 Å². The zero-order chi connectivity index (χ0) is 35.6. The minimum Gasteiger partial charge on any atom is -0.0625 e. The molecule has 0 saturated carbocycles. The van der Waals surface area contributed by atoms with Gasteiger partial charge >= 0.3 is 0 Å². The van der Waals surface area contributed by atoms with Gasteiger partial charge in [0.2, 0.25) is 0 Å². The Labute approximate surface area is 344 Å². The molecule has 0 N–H and O–H groups in total. The fourth-order valence-corrected chi connectivity index (χ4v) is 22.9. The van der Waals surface area contributed by atoms with Crippen LogP contribution >= 0.6 is 31.7 Å². The van der Waals surface area contributed by atoms with Gasteiger partial charge < -0.3 is 0 Å². The SMILES string of the molecule is C[PH+](C)c1ccccc1[SiH](c1ccccc1)c1ccccc1[PH+](C)C.C[PH+](C)c1ccccc1[SiH](c1ccccc1)c1ccccc1[PH+](C)C.[Cu].[Cu]. The molecule has 278 valence electrons. The van der Waals surface area contributed by atoms with Gasteiger partial charge in [-0.05, 0) is 45.0 Å². The standard InChI is InChI=1S/2C22H26P2Si.2Cu/c2*1-23(2)19-14-8-10-16-21(19)25(18-12-6-5-7-13-18)22-17-11-9-15-20(22)24(3)4;;/h2*5-17,25H,1-4H3;;/p+4. The molecule has 0 aromatic heterocycles.